The maximum atomic E-state index is 4.08. The van der Waals surface area contributed by atoms with Gasteiger partial charge in [-0.1, -0.05) is 18.3 Å². The molecule has 0 amide bonds. The molecule has 12 heavy (non-hydrogen) atoms. The minimum atomic E-state index is 0.799. The van der Waals surface area contributed by atoms with Gasteiger partial charge in [-0.3, -0.25) is 0 Å². The molecule has 1 saturated heterocycles. The van der Waals surface area contributed by atoms with E-state index in [1.54, 1.807) is 11.3 Å². The van der Waals surface area contributed by atoms with E-state index in [0.29, 0.717) is 0 Å². The molecule has 1 aliphatic heterocycles. The topological polar surface area (TPSA) is 29.0 Å². The molecular formula is C7H10BrN3S. The maximum Gasteiger partial charge on any atom is 0.209 e. The van der Waals surface area contributed by atoms with Gasteiger partial charge in [0, 0.05) is 13.1 Å². The van der Waals surface area contributed by atoms with Crippen molar-refractivity contribution < 1.29 is 0 Å². The molecule has 0 saturated carbocycles. The van der Waals surface area contributed by atoms with Crippen molar-refractivity contribution in [2.24, 2.45) is 5.92 Å². The molecule has 2 rings (SSSR count). The number of aromatic nitrogens is 2. The second-order valence-electron chi connectivity index (χ2n) is 3.18. The summed E-state index contributed by atoms with van der Waals surface area (Å²) in [7, 11) is 0. The van der Waals surface area contributed by atoms with Crippen LogP contribution in [0.3, 0.4) is 0 Å². The van der Waals surface area contributed by atoms with E-state index in [1.807, 2.05) is 0 Å². The molecular weight excluding hydrogens is 238 g/mol. The third kappa shape index (κ3) is 1.61. The molecule has 0 N–H and O–H groups in total. The van der Waals surface area contributed by atoms with Crippen LogP contribution >= 0.6 is 27.3 Å². The molecule has 5 heteroatoms. The fourth-order valence-corrected chi connectivity index (χ4v) is 2.56. The van der Waals surface area contributed by atoms with Crippen LogP contribution < -0.4 is 4.90 Å². The minimum Gasteiger partial charge on any atom is -0.346 e. The summed E-state index contributed by atoms with van der Waals surface area (Å²) in [6, 6.07) is 0. The van der Waals surface area contributed by atoms with E-state index in [1.165, 1.54) is 6.42 Å². The zero-order valence-corrected chi connectivity index (χ0v) is 9.23. The standard InChI is InChI=1S/C7H10BrN3S/c1-5-2-3-11(4-5)7-10-9-6(8)12-7/h5H,2-4H2,1H3. The predicted octanol–water partition coefficient (Wildman–Crippen LogP) is 2.15. The Bertz CT molecular complexity index is 275. The molecule has 0 spiro atoms. The van der Waals surface area contributed by atoms with Crippen LogP contribution in [0.25, 0.3) is 0 Å². The van der Waals surface area contributed by atoms with Crippen LogP contribution in [-0.2, 0) is 0 Å². The highest BCUT2D eigenvalue weighted by molar-refractivity contribution is 9.11. The molecule has 66 valence electrons. The monoisotopic (exact) mass is 247 g/mol. The van der Waals surface area contributed by atoms with Gasteiger partial charge in [0.05, 0.1) is 0 Å². The highest BCUT2D eigenvalue weighted by Crippen LogP contribution is 2.28. The van der Waals surface area contributed by atoms with Gasteiger partial charge >= 0.3 is 0 Å². The first-order chi connectivity index (χ1) is 5.75. The zero-order valence-electron chi connectivity index (χ0n) is 6.83. The van der Waals surface area contributed by atoms with Crippen LogP contribution in [0, 0.1) is 5.92 Å². The molecule has 0 aliphatic carbocycles. The number of nitrogens with zero attached hydrogens (tertiary/aromatic N) is 3. The molecule has 1 aromatic heterocycles. The fourth-order valence-electron chi connectivity index (χ4n) is 1.43. The van der Waals surface area contributed by atoms with Crippen LogP contribution in [0.15, 0.2) is 3.92 Å². The largest absolute Gasteiger partial charge is 0.346 e. The van der Waals surface area contributed by atoms with Gasteiger partial charge in [-0.2, -0.15) is 0 Å². The average Bonchev–Trinajstić information content (AvgIpc) is 2.58. The van der Waals surface area contributed by atoms with Gasteiger partial charge in [0.25, 0.3) is 0 Å². The summed E-state index contributed by atoms with van der Waals surface area (Å²) >= 11 is 4.92. The number of hydrogen-bond acceptors (Lipinski definition) is 4. The summed E-state index contributed by atoms with van der Waals surface area (Å²) in [4.78, 5) is 2.30. The third-order valence-corrected chi connectivity index (χ3v) is 3.50. The van der Waals surface area contributed by atoms with E-state index in [2.05, 4.69) is 38.0 Å². The molecule has 3 nitrogen and oxygen atoms in total. The van der Waals surface area contributed by atoms with Gasteiger partial charge in [-0.25, -0.2) is 0 Å². The van der Waals surface area contributed by atoms with Crippen LogP contribution in [0.5, 0.6) is 0 Å². The molecule has 1 aliphatic rings. The van der Waals surface area contributed by atoms with Gasteiger partial charge in [-0.15, -0.1) is 10.2 Å². The molecule has 1 aromatic rings. The van der Waals surface area contributed by atoms with Crippen molar-refractivity contribution in [1.29, 1.82) is 0 Å². The van der Waals surface area contributed by atoms with Gasteiger partial charge in [0.15, 0.2) is 3.92 Å². The van der Waals surface area contributed by atoms with Gasteiger partial charge in [0.2, 0.25) is 5.13 Å². The quantitative estimate of drug-likeness (QED) is 0.762. The van der Waals surface area contributed by atoms with Crippen LogP contribution in [0.1, 0.15) is 13.3 Å². The number of anilines is 1. The molecule has 1 unspecified atom stereocenters. The lowest BCUT2D eigenvalue weighted by molar-refractivity contribution is 0.659. The summed E-state index contributed by atoms with van der Waals surface area (Å²) in [5.74, 6) is 0.799. The SMILES string of the molecule is CC1CCN(c2nnc(Br)s2)C1. The van der Waals surface area contributed by atoms with Crippen LogP contribution in [0.4, 0.5) is 5.13 Å². The van der Waals surface area contributed by atoms with E-state index >= 15 is 0 Å². The second-order valence-corrected chi connectivity index (χ2v) is 5.41. The number of rotatable bonds is 1. The summed E-state index contributed by atoms with van der Waals surface area (Å²) in [6.07, 6.45) is 1.27. The lowest BCUT2D eigenvalue weighted by Crippen LogP contribution is -2.18. The maximum absolute atomic E-state index is 4.08. The summed E-state index contributed by atoms with van der Waals surface area (Å²) in [6.45, 7) is 4.53. The van der Waals surface area contributed by atoms with Crippen molar-refractivity contribution >= 4 is 32.4 Å². The molecule has 0 aromatic carbocycles. The number of hydrogen-bond donors (Lipinski definition) is 0. The van der Waals surface area contributed by atoms with Crippen molar-refractivity contribution in [1.82, 2.24) is 10.2 Å². The van der Waals surface area contributed by atoms with Crippen molar-refractivity contribution in [3.8, 4) is 0 Å². The lowest BCUT2D eigenvalue weighted by Gasteiger charge is -2.11. The zero-order chi connectivity index (χ0) is 8.55. The lowest BCUT2D eigenvalue weighted by atomic mass is 10.2. The summed E-state index contributed by atoms with van der Waals surface area (Å²) in [5.41, 5.74) is 0. The highest BCUT2D eigenvalue weighted by Gasteiger charge is 2.21. The normalized spacial score (nSPS) is 23.5. The molecule has 1 atom stereocenters. The van der Waals surface area contributed by atoms with Gasteiger partial charge in [-0.05, 0) is 28.3 Å². The first-order valence-electron chi connectivity index (χ1n) is 3.99. The summed E-state index contributed by atoms with van der Waals surface area (Å²) < 4.78 is 0.872. The van der Waals surface area contributed by atoms with E-state index < -0.39 is 0 Å². The Hall–Kier alpha value is -0.160. The van der Waals surface area contributed by atoms with E-state index in [4.69, 9.17) is 0 Å². The van der Waals surface area contributed by atoms with Crippen LogP contribution in [0.2, 0.25) is 0 Å². The third-order valence-electron chi connectivity index (χ3n) is 2.08. The Morgan fingerprint density at radius 3 is 2.92 bits per heavy atom. The molecule has 0 bridgehead atoms. The smallest absolute Gasteiger partial charge is 0.209 e. The first-order valence-corrected chi connectivity index (χ1v) is 5.60. The minimum absolute atomic E-state index is 0.799. The molecule has 0 radical (unpaired) electrons. The Morgan fingerprint density at radius 2 is 2.42 bits per heavy atom. The first kappa shape index (κ1) is 8.44. The molecule has 2 heterocycles. The molecule has 1 fully saturated rings. The Kier molecular flexibility index (Phi) is 2.32. The summed E-state index contributed by atoms with van der Waals surface area (Å²) in [5, 5.41) is 9.06. The van der Waals surface area contributed by atoms with E-state index in [-0.39, 0.29) is 0 Å². The average molecular weight is 248 g/mol. The van der Waals surface area contributed by atoms with E-state index in [0.717, 1.165) is 28.1 Å². The Balaban J connectivity index is 2.11. The van der Waals surface area contributed by atoms with Crippen molar-refractivity contribution in [2.75, 3.05) is 18.0 Å². The van der Waals surface area contributed by atoms with Gasteiger partial charge < -0.3 is 4.90 Å². The number of halogens is 1. The second kappa shape index (κ2) is 3.30. The fraction of sp³-hybridized carbons (Fsp3) is 0.714. The van der Waals surface area contributed by atoms with Crippen LogP contribution in [-0.4, -0.2) is 23.3 Å². The van der Waals surface area contributed by atoms with Gasteiger partial charge in [0.1, 0.15) is 0 Å². The predicted molar refractivity (Wildman–Crippen MR) is 53.6 cm³/mol. The van der Waals surface area contributed by atoms with Crippen molar-refractivity contribution in [3.63, 3.8) is 0 Å². The Morgan fingerprint density at radius 1 is 1.58 bits per heavy atom. The van der Waals surface area contributed by atoms with Crippen molar-refractivity contribution in [3.05, 3.63) is 3.92 Å². The van der Waals surface area contributed by atoms with Crippen molar-refractivity contribution in [2.45, 2.75) is 13.3 Å². The Labute approximate surface area is 83.9 Å². The highest BCUT2D eigenvalue weighted by atomic mass is 79.9. The van der Waals surface area contributed by atoms with E-state index in [9.17, 15) is 0 Å².